The van der Waals surface area contributed by atoms with Gasteiger partial charge in [-0.15, -0.1) is 0 Å². The number of alkyl halides is 2. The molecular weight excluding hydrogens is 348 g/mol. The fourth-order valence-electron chi connectivity index (χ4n) is 3.06. The Morgan fingerprint density at radius 1 is 0.926 bits per heavy atom. The molecule has 1 N–H and O–H groups in total. The highest BCUT2D eigenvalue weighted by Gasteiger charge is 2.37. The van der Waals surface area contributed by atoms with Crippen molar-refractivity contribution in [2.24, 2.45) is 0 Å². The summed E-state index contributed by atoms with van der Waals surface area (Å²) in [6, 6.07) is 14.4. The lowest BCUT2D eigenvalue weighted by molar-refractivity contribution is 0.0380. The number of anilines is 1. The van der Waals surface area contributed by atoms with Gasteiger partial charge in [-0.25, -0.2) is 9.97 Å². The van der Waals surface area contributed by atoms with Crippen molar-refractivity contribution in [2.45, 2.75) is 5.92 Å². The number of rotatable bonds is 4. The number of hydrogen-bond acceptors (Lipinski definition) is 5. The maximum Gasteiger partial charge on any atom is 0.315 e. The van der Waals surface area contributed by atoms with E-state index in [0.29, 0.717) is 24.6 Å². The molecule has 5 nitrogen and oxygen atoms in total. The Balaban J connectivity index is 1.83. The van der Waals surface area contributed by atoms with Gasteiger partial charge in [-0.1, -0.05) is 36.4 Å². The Bertz CT molecular complexity index is 897. The molecule has 4 rings (SSSR count). The monoisotopic (exact) mass is 367 g/mol. The second-order valence-electron chi connectivity index (χ2n) is 6.33. The van der Waals surface area contributed by atoms with Gasteiger partial charge < -0.3 is 10.2 Å². The Hall–Kier alpha value is -2.93. The van der Waals surface area contributed by atoms with Crippen molar-refractivity contribution in [1.82, 2.24) is 20.3 Å². The highest BCUT2D eigenvalue weighted by atomic mass is 19.3. The minimum Gasteiger partial charge on any atom is -0.354 e. The number of pyridine rings is 1. The lowest BCUT2D eigenvalue weighted by atomic mass is 10.0. The van der Waals surface area contributed by atoms with E-state index in [2.05, 4.69) is 20.3 Å². The van der Waals surface area contributed by atoms with Crippen molar-refractivity contribution >= 4 is 5.82 Å². The number of benzene rings is 1. The van der Waals surface area contributed by atoms with Crippen molar-refractivity contribution in [3.05, 3.63) is 72.1 Å². The minimum atomic E-state index is -3.23. The van der Waals surface area contributed by atoms with E-state index < -0.39 is 5.92 Å². The zero-order chi connectivity index (χ0) is 18.7. The lowest BCUT2D eigenvalue weighted by Gasteiger charge is -2.29. The van der Waals surface area contributed by atoms with Gasteiger partial charge >= 0.3 is 5.92 Å². The predicted molar refractivity (Wildman–Crippen MR) is 99.8 cm³/mol. The molecule has 3 aromatic rings. The highest BCUT2D eigenvalue weighted by molar-refractivity contribution is 5.55. The van der Waals surface area contributed by atoms with E-state index in [-0.39, 0.29) is 17.1 Å². The summed E-state index contributed by atoms with van der Waals surface area (Å²) < 4.78 is 30.4. The van der Waals surface area contributed by atoms with Gasteiger partial charge in [0.1, 0.15) is 17.2 Å². The number of nitrogens with zero attached hydrogens (tertiary/aromatic N) is 4. The van der Waals surface area contributed by atoms with Gasteiger partial charge in [0.25, 0.3) is 0 Å². The van der Waals surface area contributed by atoms with E-state index >= 15 is 8.78 Å². The van der Waals surface area contributed by atoms with E-state index in [0.717, 1.165) is 13.1 Å². The molecule has 0 unspecified atom stereocenters. The smallest absolute Gasteiger partial charge is 0.315 e. The van der Waals surface area contributed by atoms with Crippen molar-refractivity contribution in [1.29, 1.82) is 0 Å². The Kier molecular flexibility index (Phi) is 4.77. The van der Waals surface area contributed by atoms with Crippen LogP contribution in [0.15, 0.2) is 60.8 Å². The van der Waals surface area contributed by atoms with Gasteiger partial charge in [0.15, 0.2) is 5.82 Å². The van der Waals surface area contributed by atoms with Crippen molar-refractivity contribution < 1.29 is 8.78 Å². The molecule has 7 heteroatoms. The molecule has 0 radical (unpaired) electrons. The van der Waals surface area contributed by atoms with Crippen LogP contribution < -0.4 is 10.2 Å². The van der Waals surface area contributed by atoms with Crippen molar-refractivity contribution in [3.63, 3.8) is 0 Å². The maximum absolute atomic E-state index is 15.2. The lowest BCUT2D eigenvalue weighted by Crippen LogP contribution is -2.44. The molecule has 0 amide bonds. The van der Waals surface area contributed by atoms with Crippen LogP contribution in [-0.2, 0) is 5.92 Å². The number of hydrogen-bond donors (Lipinski definition) is 1. The van der Waals surface area contributed by atoms with Gasteiger partial charge in [0.05, 0.1) is 0 Å². The van der Waals surface area contributed by atoms with E-state index in [9.17, 15) is 0 Å². The van der Waals surface area contributed by atoms with Gasteiger partial charge in [0, 0.05) is 44.0 Å². The zero-order valence-corrected chi connectivity index (χ0v) is 14.6. The molecular formula is C20H19F2N5. The fourth-order valence-corrected chi connectivity index (χ4v) is 3.06. The van der Waals surface area contributed by atoms with Gasteiger partial charge in [-0.05, 0) is 12.1 Å². The summed E-state index contributed by atoms with van der Waals surface area (Å²) in [6.07, 6.45) is 1.60. The van der Waals surface area contributed by atoms with Crippen LogP contribution in [0.25, 0.3) is 11.5 Å². The zero-order valence-electron chi connectivity index (χ0n) is 14.6. The normalized spacial score (nSPS) is 15.0. The Morgan fingerprint density at radius 2 is 1.67 bits per heavy atom. The van der Waals surface area contributed by atoms with Crippen LogP contribution in [0.1, 0.15) is 11.3 Å². The van der Waals surface area contributed by atoms with Crippen LogP contribution in [-0.4, -0.2) is 41.1 Å². The summed E-state index contributed by atoms with van der Waals surface area (Å²) in [5, 5.41) is 3.26. The quantitative estimate of drug-likeness (QED) is 0.768. The first-order valence-corrected chi connectivity index (χ1v) is 8.84. The molecule has 3 heterocycles. The van der Waals surface area contributed by atoms with Crippen LogP contribution in [0.2, 0.25) is 0 Å². The van der Waals surface area contributed by atoms with E-state index in [1.165, 1.54) is 18.2 Å². The third-order valence-electron chi connectivity index (χ3n) is 4.51. The molecule has 27 heavy (non-hydrogen) atoms. The Morgan fingerprint density at radius 3 is 2.37 bits per heavy atom. The molecule has 138 valence electrons. The molecule has 1 fully saturated rings. The van der Waals surface area contributed by atoms with Gasteiger partial charge in [0.2, 0.25) is 0 Å². The van der Waals surface area contributed by atoms with Crippen molar-refractivity contribution in [2.75, 3.05) is 31.1 Å². The summed E-state index contributed by atoms with van der Waals surface area (Å²) in [5.41, 5.74) is 0.0550. The molecule has 1 aliphatic heterocycles. The fraction of sp³-hybridized carbons (Fsp3) is 0.250. The summed E-state index contributed by atoms with van der Waals surface area (Å²) in [5.74, 6) is -2.52. The van der Waals surface area contributed by atoms with Crippen LogP contribution in [0, 0.1) is 0 Å². The summed E-state index contributed by atoms with van der Waals surface area (Å²) in [7, 11) is 0. The first-order valence-electron chi connectivity index (χ1n) is 8.84. The van der Waals surface area contributed by atoms with Crippen LogP contribution in [0.3, 0.4) is 0 Å². The highest BCUT2D eigenvalue weighted by Crippen LogP contribution is 2.36. The van der Waals surface area contributed by atoms with E-state index in [1.54, 1.807) is 42.6 Å². The number of aromatic nitrogens is 3. The number of nitrogens with one attached hydrogen (secondary N) is 1. The minimum absolute atomic E-state index is 0.0954. The molecule has 2 aromatic heterocycles. The average molecular weight is 367 g/mol. The third kappa shape index (κ3) is 3.64. The Labute approximate surface area is 156 Å². The molecule has 0 atom stereocenters. The van der Waals surface area contributed by atoms with Crippen LogP contribution >= 0.6 is 0 Å². The summed E-state index contributed by atoms with van der Waals surface area (Å²) in [4.78, 5) is 14.9. The van der Waals surface area contributed by atoms with E-state index in [4.69, 9.17) is 0 Å². The second kappa shape index (κ2) is 7.36. The SMILES string of the molecule is FC(F)(c1ccccc1)c1cc(N2CCNCC2)nc(-c2ccccn2)n1. The summed E-state index contributed by atoms with van der Waals surface area (Å²) >= 11 is 0. The molecule has 0 aliphatic carbocycles. The largest absolute Gasteiger partial charge is 0.354 e. The van der Waals surface area contributed by atoms with Gasteiger partial charge in [-0.3, -0.25) is 4.98 Å². The molecule has 0 bridgehead atoms. The molecule has 0 saturated carbocycles. The number of piperazine rings is 1. The standard InChI is InChI=1S/C20H19F2N5/c21-20(22,15-6-2-1-3-7-15)17-14-18(27-12-10-23-11-13-27)26-19(25-17)16-8-4-5-9-24-16/h1-9,14,23H,10-13H2. The first-order chi connectivity index (χ1) is 13.1. The van der Waals surface area contributed by atoms with Crippen LogP contribution in [0.4, 0.5) is 14.6 Å². The molecule has 1 saturated heterocycles. The maximum atomic E-state index is 15.2. The second-order valence-corrected chi connectivity index (χ2v) is 6.33. The average Bonchev–Trinajstić information content (AvgIpc) is 2.75. The summed E-state index contributed by atoms with van der Waals surface area (Å²) in [6.45, 7) is 2.98. The van der Waals surface area contributed by atoms with Gasteiger partial charge in [-0.2, -0.15) is 8.78 Å². The predicted octanol–water partition coefficient (Wildman–Crippen LogP) is 3.09. The molecule has 1 aromatic carbocycles. The van der Waals surface area contributed by atoms with Crippen molar-refractivity contribution in [3.8, 4) is 11.5 Å². The number of halogens is 2. The molecule has 0 spiro atoms. The third-order valence-corrected chi connectivity index (χ3v) is 4.51. The van der Waals surface area contributed by atoms with Crippen LogP contribution in [0.5, 0.6) is 0 Å². The topological polar surface area (TPSA) is 53.9 Å². The van der Waals surface area contributed by atoms with E-state index in [1.807, 2.05) is 4.90 Å². The molecule has 1 aliphatic rings. The first kappa shape index (κ1) is 17.5.